The van der Waals surface area contributed by atoms with Gasteiger partial charge in [0.25, 0.3) is 0 Å². The molecule has 5 atom stereocenters. The van der Waals surface area contributed by atoms with Gasteiger partial charge in [-0.1, -0.05) is 38.8 Å². The first-order valence-electron chi connectivity index (χ1n) is 21.1. The minimum atomic E-state index is -4.07. The van der Waals surface area contributed by atoms with Gasteiger partial charge in [0.05, 0.1) is 34.3 Å². The van der Waals surface area contributed by atoms with Crippen molar-refractivity contribution in [2.75, 3.05) is 20.6 Å². The monoisotopic (exact) mass is 921 g/mol. The first-order chi connectivity index (χ1) is 28.9. The van der Waals surface area contributed by atoms with Crippen LogP contribution in [0.3, 0.4) is 0 Å². The normalized spacial score (nSPS) is 24.2. The molecule has 3 aromatic rings. The number of aliphatic hydroxyl groups excluding tert-OH is 1. The number of fused-ring (bicyclic) bond motifs is 3. The summed E-state index contributed by atoms with van der Waals surface area (Å²) < 4.78 is 49.5. The highest BCUT2D eigenvalue weighted by molar-refractivity contribution is 7.87. The molecule has 3 aliphatic rings. The molecule has 0 radical (unpaired) electrons. The zero-order chi connectivity index (χ0) is 46.1. The topological polar surface area (TPSA) is 193 Å². The summed E-state index contributed by atoms with van der Waals surface area (Å²) in [5, 5.41) is 14.1. The van der Waals surface area contributed by atoms with E-state index in [9.17, 15) is 37.1 Å². The fourth-order valence-electron chi connectivity index (χ4n) is 8.04. The Bertz CT molecular complexity index is 2300. The van der Waals surface area contributed by atoms with Crippen molar-refractivity contribution in [2.24, 2.45) is 11.3 Å². The van der Waals surface area contributed by atoms with Gasteiger partial charge in [0.15, 0.2) is 5.78 Å². The van der Waals surface area contributed by atoms with E-state index in [-0.39, 0.29) is 37.2 Å². The second-order valence-corrected chi connectivity index (χ2v) is 21.7. The van der Waals surface area contributed by atoms with Crippen molar-refractivity contribution in [3.63, 3.8) is 0 Å². The van der Waals surface area contributed by atoms with Crippen LogP contribution in [0.1, 0.15) is 122 Å². The van der Waals surface area contributed by atoms with Gasteiger partial charge in [-0.15, -0.1) is 11.3 Å². The van der Waals surface area contributed by atoms with E-state index < -0.39 is 63.1 Å². The van der Waals surface area contributed by atoms with Gasteiger partial charge in [-0.2, -0.15) is 12.7 Å². The Morgan fingerprint density at radius 2 is 1.81 bits per heavy atom. The van der Waals surface area contributed by atoms with Gasteiger partial charge in [0, 0.05) is 44.4 Å². The highest BCUT2D eigenvalue weighted by Crippen LogP contribution is 2.57. The lowest BCUT2D eigenvalue weighted by molar-refractivity contribution is -0.140. The maximum atomic E-state index is 14.6. The molecule has 0 bridgehead atoms. The number of allylic oxidation sites excluding steroid dienone is 2. The van der Waals surface area contributed by atoms with Crippen LogP contribution < -0.4 is 10.0 Å². The van der Waals surface area contributed by atoms with Crippen molar-refractivity contribution in [3.05, 3.63) is 46.0 Å². The maximum absolute atomic E-state index is 14.6. The van der Waals surface area contributed by atoms with Crippen molar-refractivity contribution >= 4 is 67.9 Å². The lowest BCUT2D eigenvalue weighted by Gasteiger charge is -2.30. The lowest BCUT2D eigenvalue weighted by atomic mass is 9.91. The smallest absolute Gasteiger partial charge is 0.408 e. The number of thiazole rings is 1. The number of nitrogens with zero attached hydrogens (tertiary/aromatic N) is 5. The number of aryl methyl sites for hydroxylation is 1. The number of amides is 3. The summed E-state index contributed by atoms with van der Waals surface area (Å²) in [4.78, 5) is 64.5. The number of aromatic nitrogens is 3. The van der Waals surface area contributed by atoms with E-state index in [1.807, 2.05) is 37.5 Å². The number of alkyl carbamates (subject to hydrolysis) is 1. The molecule has 1 aromatic carbocycles. The highest BCUT2D eigenvalue weighted by Gasteiger charge is 2.61. The molecular weight excluding hydrogens is 861 g/mol. The number of carbonyl (C=O) groups excluding carboxylic acids is 4. The number of Topliss-reactive ketones (excluding diaryl/α,β-unsaturated/α-hetero) is 1. The van der Waals surface area contributed by atoms with E-state index in [1.54, 1.807) is 26.8 Å². The Hall–Kier alpha value is -3.97. The number of rotatable bonds is 7. The Morgan fingerprint density at radius 3 is 2.42 bits per heavy atom. The third kappa shape index (κ3) is 11.2. The van der Waals surface area contributed by atoms with Crippen LogP contribution in [-0.2, 0) is 29.3 Å². The quantitative estimate of drug-likeness (QED) is 0.204. The average Bonchev–Trinajstić information content (AvgIpc) is 3.38. The van der Waals surface area contributed by atoms with Crippen molar-refractivity contribution in [1.82, 2.24) is 33.8 Å². The van der Waals surface area contributed by atoms with Crippen LogP contribution in [0, 0.1) is 24.1 Å². The fraction of sp³-hybridized carbons (Fsp3) is 0.628. The summed E-state index contributed by atoms with van der Waals surface area (Å²) in [6, 6.07) is 1.41. The number of ketones is 1. The van der Waals surface area contributed by atoms with E-state index in [4.69, 9.17) is 16.3 Å². The number of imidazole rings is 1. The largest absolute Gasteiger partial charge is 0.444 e. The summed E-state index contributed by atoms with van der Waals surface area (Å²) >= 11 is 7.78. The Morgan fingerprint density at radius 1 is 1.11 bits per heavy atom. The molecule has 2 aromatic heterocycles. The number of benzene rings is 1. The molecule has 19 heteroatoms. The van der Waals surface area contributed by atoms with Crippen molar-refractivity contribution in [2.45, 2.75) is 143 Å². The van der Waals surface area contributed by atoms with Gasteiger partial charge >= 0.3 is 16.3 Å². The van der Waals surface area contributed by atoms with Crippen LogP contribution in [0.25, 0.3) is 21.6 Å². The van der Waals surface area contributed by atoms with Crippen LogP contribution in [0.4, 0.5) is 9.18 Å². The number of carbonyl (C=O) groups is 4. The zero-order valence-corrected chi connectivity index (χ0v) is 39.6. The SMILES string of the molecule is CN(C)S(=O)(=O)NC(=O)[C@]12CC(=O)[C@@H]3C[C@@H](O)CN3C(=O)[C@@H](NC(=O)OC(C)(C)C)CCCCC/C=C\[C@@H]1C2.Cc1sc(-c2c(F)ccc3c2nc(Cl)n3C(C)C)nc1C(C)C. The van der Waals surface area contributed by atoms with Crippen LogP contribution in [0.5, 0.6) is 0 Å². The number of hydrogen-bond donors (Lipinski definition) is 3. The van der Waals surface area contributed by atoms with E-state index in [1.165, 1.54) is 36.4 Å². The van der Waals surface area contributed by atoms with Gasteiger partial charge in [-0.3, -0.25) is 14.4 Å². The van der Waals surface area contributed by atoms with Gasteiger partial charge in [0.2, 0.25) is 17.1 Å². The molecule has 15 nitrogen and oxygen atoms in total. The van der Waals surface area contributed by atoms with Crippen LogP contribution >= 0.6 is 22.9 Å². The number of halogens is 2. The maximum Gasteiger partial charge on any atom is 0.408 e. The van der Waals surface area contributed by atoms with Crippen LogP contribution in [0.15, 0.2) is 24.3 Å². The van der Waals surface area contributed by atoms with Gasteiger partial charge in [-0.05, 0) is 103 Å². The highest BCUT2D eigenvalue weighted by atomic mass is 35.5. The Balaban J connectivity index is 0.000000267. The van der Waals surface area contributed by atoms with Gasteiger partial charge < -0.3 is 24.6 Å². The molecule has 2 fully saturated rings. The molecule has 342 valence electrons. The summed E-state index contributed by atoms with van der Waals surface area (Å²) in [6.45, 7) is 15.3. The Labute approximate surface area is 373 Å². The molecule has 2 aliphatic heterocycles. The van der Waals surface area contributed by atoms with Crippen molar-refractivity contribution in [1.29, 1.82) is 0 Å². The van der Waals surface area contributed by atoms with E-state index in [0.717, 1.165) is 39.7 Å². The van der Waals surface area contributed by atoms with E-state index in [2.05, 4.69) is 33.9 Å². The molecule has 62 heavy (non-hydrogen) atoms. The molecule has 4 heterocycles. The lowest BCUT2D eigenvalue weighted by Crippen LogP contribution is -2.53. The second kappa shape index (κ2) is 19.4. The predicted octanol–water partition coefficient (Wildman–Crippen LogP) is 7.21. The minimum Gasteiger partial charge on any atom is -0.444 e. The number of ether oxygens (including phenoxy) is 1. The fourth-order valence-corrected chi connectivity index (χ4v) is 10.1. The third-order valence-electron chi connectivity index (χ3n) is 11.3. The van der Waals surface area contributed by atoms with Crippen molar-refractivity contribution in [3.8, 4) is 10.6 Å². The molecular formula is C43H61ClFN7O8S2. The number of aliphatic hydroxyl groups is 1. The molecule has 1 saturated carbocycles. The molecule has 1 saturated heterocycles. The van der Waals surface area contributed by atoms with Crippen LogP contribution in [-0.4, -0.2) is 105 Å². The van der Waals surface area contributed by atoms with E-state index in [0.29, 0.717) is 46.6 Å². The summed E-state index contributed by atoms with van der Waals surface area (Å²) in [6.07, 6.45) is 5.44. The Kier molecular flexibility index (Phi) is 15.4. The molecule has 6 rings (SSSR count). The molecule has 3 amide bonds. The number of hydrogen-bond acceptors (Lipinski definition) is 11. The summed E-state index contributed by atoms with van der Waals surface area (Å²) in [5.74, 6) is -2.01. The van der Waals surface area contributed by atoms with E-state index >= 15 is 0 Å². The second-order valence-electron chi connectivity index (χ2n) is 18.2. The van der Waals surface area contributed by atoms with Gasteiger partial charge in [-0.25, -0.2) is 23.9 Å². The first-order valence-corrected chi connectivity index (χ1v) is 23.8. The predicted molar refractivity (Wildman–Crippen MR) is 237 cm³/mol. The standard InChI is InChI=1S/C26H42N4O8S.C17H19ClFN3S/c1-25(2,3)38-24(35)27-19-12-10-8-6-7-9-11-17-14-26(17,23(34)28-39(36,37)29(4)5)15-21(32)20-13-18(31)16-30(20)22(19)33;1-8(2)14-10(5)23-16(20-14)13-11(19)6-7-12-15(13)21-17(18)22(12)9(3)4/h9,11,17-20,31H,6-8,10,12-16H2,1-5H3,(H,27,35)(H,28,34);6-9H,1-5H3/b11-9-;/t17-,18-,19+,20+,26-;/m1./s1. The zero-order valence-electron chi connectivity index (χ0n) is 37.3. The summed E-state index contributed by atoms with van der Waals surface area (Å²) in [7, 11) is -1.47. The van der Waals surface area contributed by atoms with Crippen molar-refractivity contribution < 1.29 is 41.8 Å². The minimum absolute atomic E-state index is 0.00205. The molecule has 0 unspecified atom stereocenters. The molecule has 1 aliphatic carbocycles. The third-order valence-corrected chi connectivity index (χ3v) is 14.0. The number of nitrogens with one attached hydrogen (secondary N) is 2. The van der Waals surface area contributed by atoms with Gasteiger partial charge in [0.1, 0.15) is 28.0 Å². The first kappa shape index (κ1) is 49.1. The summed E-state index contributed by atoms with van der Waals surface area (Å²) in [5.41, 5.74) is 0.845. The molecule has 3 N–H and O–H groups in total. The molecule has 0 spiro atoms. The average molecular weight is 923 g/mol. The van der Waals surface area contributed by atoms with Crippen LogP contribution in [0.2, 0.25) is 5.28 Å².